The third kappa shape index (κ3) is 2.10. The number of allylic oxidation sites excluding steroid dienone is 1. The van der Waals surface area contributed by atoms with Gasteiger partial charge in [0, 0.05) is 17.7 Å². The Bertz CT molecular complexity index is 598. The highest BCUT2D eigenvalue weighted by atomic mass is 14.7. The zero-order valence-electron chi connectivity index (χ0n) is 11.5. The van der Waals surface area contributed by atoms with E-state index in [4.69, 9.17) is 0 Å². The average molecular weight is 249 g/mol. The van der Waals surface area contributed by atoms with Crippen molar-refractivity contribution >= 4 is 6.08 Å². The quantitative estimate of drug-likeness (QED) is 0.700. The van der Waals surface area contributed by atoms with E-state index in [0.717, 1.165) is 5.92 Å². The molecule has 0 saturated heterocycles. The van der Waals surface area contributed by atoms with Crippen molar-refractivity contribution in [2.75, 3.05) is 0 Å². The Morgan fingerprint density at radius 3 is 2.63 bits per heavy atom. The van der Waals surface area contributed by atoms with E-state index < -0.39 is 0 Å². The summed E-state index contributed by atoms with van der Waals surface area (Å²) in [6.07, 6.45) is 7.85. The number of aromatic nitrogens is 1. The molecule has 0 spiro atoms. The lowest BCUT2D eigenvalue weighted by atomic mass is 9.94. The van der Waals surface area contributed by atoms with Gasteiger partial charge in [0.15, 0.2) is 0 Å². The van der Waals surface area contributed by atoms with E-state index in [0.29, 0.717) is 5.92 Å². The van der Waals surface area contributed by atoms with E-state index in [9.17, 15) is 0 Å². The molecule has 2 atom stereocenters. The fraction of sp³-hybridized carbons (Fsp3) is 0.278. The smallest absolute Gasteiger partial charge is 0.0518 e. The molecule has 0 bridgehead atoms. The van der Waals surface area contributed by atoms with Gasteiger partial charge in [-0.2, -0.15) is 0 Å². The predicted octanol–water partition coefficient (Wildman–Crippen LogP) is 4.91. The zero-order valence-corrected chi connectivity index (χ0v) is 11.5. The summed E-state index contributed by atoms with van der Waals surface area (Å²) in [6.45, 7) is 4.00. The number of hydrogen-bond donors (Lipinski definition) is 0. The highest BCUT2D eigenvalue weighted by molar-refractivity contribution is 5.78. The van der Waals surface area contributed by atoms with Crippen LogP contribution in [0.5, 0.6) is 0 Å². The summed E-state index contributed by atoms with van der Waals surface area (Å²) < 4.78 is 0. The first kappa shape index (κ1) is 12.2. The van der Waals surface area contributed by atoms with Gasteiger partial charge in [0.05, 0.1) is 5.69 Å². The minimum Gasteiger partial charge on any atom is -0.260 e. The Labute approximate surface area is 115 Å². The summed E-state index contributed by atoms with van der Waals surface area (Å²) in [5.74, 6) is 1.46. The minimum absolute atomic E-state index is 0.693. The van der Waals surface area contributed by atoms with Crippen LogP contribution in [0.1, 0.15) is 37.4 Å². The molecule has 0 amide bonds. The molecule has 1 saturated carbocycles. The predicted molar refractivity (Wildman–Crippen MR) is 80.9 cm³/mol. The lowest BCUT2D eigenvalue weighted by Crippen LogP contribution is -1.98. The van der Waals surface area contributed by atoms with E-state index in [1.807, 2.05) is 20.0 Å². The second kappa shape index (κ2) is 5.00. The van der Waals surface area contributed by atoms with Gasteiger partial charge in [-0.05, 0) is 29.5 Å². The normalized spacial score (nSPS) is 21.8. The van der Waals surface area contributed by atoms with Crippen molar-refractivity contribution in [2.45, 2.75) is 26.2 Å². The number of pyridine rings is 1. The van der Waals surface area contributed by atoms with E-state index in [-0.39, 0.29) is 0 Å². The van der Waals surface area contributed by atoms with Gasteiger partial charge in [0.1, 0.15) is 0 Å². The first-order chi connectivity index (χ1) is 9.43. The lowest BCUT2D eigenvalue weighted by molar-refractivity contribution is 0.938. The first-order valence-electron chi connectivity index (χ1n) is 7.16. The number of fused-ring (bicyclic) bond motifs is 3. The van der Waals surface area contributed by atoms with E-state index >= 15 is 0 Å². The molecule has 1 heterocycles. The second-order valence-electron chi connectivity index (χ2n) is 4.89. The second-order valence-corrected chi connectivity index (χ2v) is 4.89. The molecular weight excluding hydrogens is 230 g/mol. The summed E-state index contributed by atoms with van der Waals surface area (Å²) in [5.41, 5.74) is 5.24. The van der Waals surface area contributed by atoms with Gasteiger partial charge < -0.3 is 0 Å². The minimum atomic E-state index is 0.693. The monoisotopic (exact) mass is 249 g/mol. The van der Waals surface area contributed by atoms with Crippen LogP contribution in [-0.4, -0.2) is 4.98 Å². The fourth-order valence-electron chi connectivity index (χ4n) is 2.79. The number of hydrogen-bond acceptors (Lipinski definition) is 1. The molecule has 19 heavy (non-hydrogen) atoms. The molecule has 4 rings (SSSR count). The summed E-state index contributed by atoms with van der Waals surface area (Å²) >= 11 is 0. The SMILES string of the molecule is C1=CC2CC2c2nccc(-c3ccccc3)c21.CC. The molecule has 0 aliphatic heterocycles. The van der Waals surface area contributed by atoms with Crippen LogP contribution in [0.4, 0.5) is 0 Å². The van der Waals surface area contributed by atoms with Crippen molar-refractivity contribution < 1.29 is 0 Å². The molecule has 2 aliphatic carbocycles. The Balaban J connectivity index is 0.000000528. The zero-order chi connectivity index (χ0) is 13.2. The Kier molecular flexibility index (Phi) is 3.20. The van der Waals surface area contributed by atoms with Crippen molar-refractivity contribution in [3.8, 4) is 11.1 Å². The van der Waals surface area contributed by atoms with Gasteiger partial charge in [-0.3, -0.25) is 4.98 Å². The first-order valence-corrected chi connectivity index (χ1v) is 7.16. The summed E-state index contributed by atoms with van der Waals surface area (Å²) in [6, 6.07) is 12.7. The van der Waals surface area contributed by atoms with Crippen molar-refractivity contribution in [3.05, 3.63) is 59.9 Å². The maximum absolute atomic E-state index is 4.58. The van der Waals surface area contributed by atoms with Crippen LogP contribution >= 0.6 is 0 Å². The molecule has 1 heteroatoms. The van der Waals surface area contributed by atoms with Crippen molar-refractivity contribution in [1.82, 2.24) is 4.98 Å². The molecule has 96 valence electrons. The third-order valence-corrected chi connectivity index (χ3v) is 3.81. The van der Waals surface area contributed by atoms with Gasteiger partial charge in [-0.15, -0.1) is 0 Å². The van der Waals surface area contributed by atoms with Crippen LogP contribution < -0.4 is 0 Å². The molecule has 1 nitrogen and oxygen atoms in total. The van der Waals surface area contributed by atoms with Crippen LogP contribution in [0.2, 0.25) is 0 Å². The van der Waals surface area contributed by atoms with Crippen molar-refractivity contribution in [2.24, 2.45) is 5.92 Å². The van der Waals surface area contributed by atoms with Gasteiger partial charge in [0.2, 0.25) is 0 Å². The van der Waals surface area contributed by atoms with Crippen LogP contribution in [0, 0.1) is 5.92 Å². The van der Waals surface area contributed by atoms with E-state index in [1.165, 1.54) is 28.8 Å². The van der Waals surface area contributed by atoms with Gasteiger partial charge >= 0.3 is 0 Å². The number of benzene rings is 1. The molecule has 1 aromatic heterocycles. The highest BCUT2D eigenvalue weighted by Crippen LogP contribution is 2.52. The standard InChI is InChI=1S/C16H13N.C2H6/c1-2-4-11(5-3-1)13-8-9-17-16-14(13)7-6-12-10-15(12)16;1-2/h1-9,12,15H,10H2;1-2H3. The lowest BCUT2D eigenvalue weighted by Gasteiger charge is -2.13. The molecule has 1 aromatic carbocycles. The number of nitrogens with zero attached hydrogens (tertiary/aromatic N) is 1. The van der Waals surface area contributed by atoms with Gasteiger partial charge in [-0.1, -0.05) is 56.3 Å². The van der Waals surface area contributed by atoms with Gasteiger partial charge in [0.25, 0.3) is 0 Å². The maximum atomic E-state index is 4.58. The average Bonchev–Trinajstić information content (AvgIpc) is 3.29. The van der Waals surface area contributed by atoms with Crippen molar-refractivity contribution in [3.63, 3.8) is 0 Å². The van der Waals surface area contributed by atoms with E-state index in [2.05, 4.69) is 53.5 Å². The van der Waals surface area contributed by atoms with Crippen LogP contribution in [0.15, 0.2) is 48.7 Å². The summed E-state index contributed by atoms with van der Waals surface area (Å²) in [4.78, 5) is 4.58. The Morgan fingerprint density at radius 2 is 1.84 bits per heavy atom. The fourth-order valence-corrected chi connectivity index (χ4v) is 2.79. The summed E-state index contributed by atoms with van der Waals surface area (Å²) in [7, 11) is 0. The highest BCUT2D eigenvalue weighted by Gasteiger charge is 2.41. The molecule has 2 aromatic rings. The Hall–Kier alpha value is -1.89. The van der Waals surface area contributed by atoms with Crippen LogP contribution in [0.25, 0.3) is 17.2 Å². The van der Waals surface area contributed by atoms with Crippen LogP contribution in [0.3, 0.4) is 0 Å². The van der Waals surface area contributed by atoms with Crippen molar-refractivity contribution in [1.29, 1.82) is 0 Å². The van der Waals surface area contributed by atoms with Crippen LogP contribution in [-0.2, 0) is 0 Å². The molecule has 0 N–H and O–H groups in total. The third-order valence-electron chi connectivity index (χ3n) is 3.81. The molecule has 0 radical (unpaired) electrons. The maximum Gasteiger partial charge on any atom is 0.0518 e. The molecule has 2 aliphatic rings. The molecule has 2 unspecified atom stereocenters. The molecule has 1 fully saturated rings. The summed E-state index contributed by atoms with van der Waals surface area (Å²) in [5, 5.41) is 0. The Morgan fingerprint density at radius 1 is 1.05 bits per heavy atom. The largest absolute Gasteiger partial charge is 0.260 e. The number of rotatable bonds is 1. The topological polar surface area (TPSA) is 12.9 Å². The van der Waals surface area contributed by atoms with Gasteiger partial charge in [-0.25, -0.2) is 0 Å². The molecular formula is C18H19N. The van der Waals surface area contributed by atoms with E-state index in [1.54, 1.807) is 0 Å².